The van der Waals surface area contributed by atoms with Gasteiger partial charge in [-0.25, -0.2) is 12.8 Å². The Bertz CT molecular complexity index is 1170. The number of rotatable bonds is 11. The highest BCUT2D eigenvalue weighted by Crippen LogP contribution is 2.21. The lowest BCUT2D eigenvalue weighted by molar-refractivity contribution is -0.141. The van der Waals surface area contributed by atoms with Gasteiger partial charge in [0.1, 0.15) is 11.9 Å². The molecular formula is C27H36FN3O4S. The number of hydrogen-bond donors (Lipinski definition) is 1. The van der Waals surface area contributed by atoms with Crippen molar-refractivity contribution in [2.75, 3.05) is 17.1 Å². The summed E-state index contributed by atoms with van der Waals surface area (Å²) < 4.78 is 40.5. The zero-order valence-electron chi connectivity index (χ0n) is 21.2. The highest BCUT2D eigenvalue weighted by Gasteiger charge is 2.29. The van der Waals surface area contributed by atoms with E-state index in [2.05, 4.69) is 5.32 Å². The van der Waals surface area contributed by atoms with Crippen molar-refractivity contribution in [3.63, 3.8) is 0 Å². The van der Waals surface area contributed by atoms with Crippen LogP contribution in [-0.2, 0) is 26.2 Å². The molecule has 196 valence electrons. The molecule has 2 aromatic rings. The van der Waals surface area contributed by atoms with Gasteiger partial charge in [-0.1, -0.05) is 43.2 Å². The standard InChI is InChI=1S/C27H36FN3O4S/c1-20-10-8-14-24(18-20)31(36(3,34)35)17-9-16-26(32)30(19-22-11-4-7-15-25(22)28)21(2)27(33)29-23-12-5-6-13-23/h4,7-8,10-11,14-15,18,21,23H,5-6,9,12-13,16-17,19H2,1-3H3,(H,29,33)/t21-/m1/s1. The van der Waals surface area contributed by atoms with Gasteiger partial charge in [0.25, 0.3) is 0 Å². The minimum absolute atomic E-state index is 0.0212. The smallest absolute Gasteiger partial charge is 0.242 e. The molecule has 7 nitrogen and oxygen atoms in total. The van der Waals surface area contributed by atoms with Gasteiger partial charge in [0.15, 0.2) is 0 Å². The molecule has 1 aliphatic rings. The van der Waals surface area contributed by atoms with Crippen LogP contribution in [0.15, 0.2) is 48.5 Å². The molecule has 3 rings (SSSR count). The fraction of sp³-hybridized carbons (Fsp3) is 0.481. The molecule has 0 aliphatic heterocycles. The molecule has 0 radical (unpaired) electrons. The van der Waals surface area contributed by atoms with Gasteiger partial charge in [0.2, 0.25) is 21.8 Å². The maximum absolute atomic E-state index is 14.4. The van der Waals surface area contributed by atoms with Gasteiger partial charge < -0.3 is 10.2 Å². The number of nitrogens with zero attached hydrogens (tertiary/aromatic N) is 2. The SMILES string of the molecule is Cc1cccc(N(CCCC(=O)N(Cc2ccccc2F)[C@H](C)C(=O)NC2CCCC2)S(C)(=O)=O)c1. The van der Waals surface area contributed by atoms with Gasteiger partial charge >= 0.3 is 0 Å². The molecule has 1 saturated carbocycles. The minimum Gasteiger partial charge on any atom is -0.352 e. The van der Waals surface area contributed by atoms with Crippen molar-refractivity contribution in [2.45, 2.75) is 71.0 Å². The van der Waals surface area contributed by atoms with E-state index in [4.69, 9.17) is 0 Å². The largest absolute Gasteiger partial charge is 0.352 e. The molecule has 1 fully saturated rings. The van der Waals surface area contributed by atoms with Crippen molar-refractivity contribution in [2.24, 2.45) is 0 Å². The molecule has 36 heavy (non-hydrogen) atoms. The van der Waals surface area contributed by atoms with Gasteiger partial charge in [0.05, 0.1) is 11.9 Å². The Kier molecular flexibility index (Phi) is 9.48. The second-order valence-electron chi connectivity index (χ2n) is 9.56. The number of halogens is 1. The molecule has 0 saturated heterocycles. The Labute approximate surface area is 213 Å². The normalized spacial score (nSPS) is 14.9. The third kappa shape index (κ3) is 7.53. The second kappa shape index (κ2) is 12.3. The zero-order valence-corrected chi connectivity index (χ0v) is 22.1. The molecule has 1 atom stereocenters. The number of aryl methyl sites for hydroxylation is 1. The first-order valence-electron chi connectivity index (χ1n) is 12.4. The topological polar surface area (TPSA) is 86.8 Å². The summed E-state index contributed by atoms with van der Waals surface area (Å²) >= 11 is 0. The fourth-order valence-electron chi connectivity index (χ4n) is 4.57. The predicted molar refractivity (Wildman–Crippen MR) is 139 cm³/mol. The summed E-state index contributed by atoms with van der Waals surface area (Å²) in [5.41, 5.74) is 1.79. The van der Waals surface area contributed by atoms with Crippen LogP contribution in [0.25, 0.3) is 0 Å². The summed E-state index contributed by atoms with van der Waals surface area (Å²) in [5.74, 6) is -1.03. The van der Waals surface area contributed by atoms with Gasteiger partial charge in [0, 0.05) is 31.1 Å². The van der Waals surface area contributed by atoms with E-state index >= 15 is 0 Å². The van der Waals surface area contributed by atoms with Crippen LogP contribution in [0.2, 0.25) is 0 Å². The molecule has 1 N–H and O–H groups in total. The van der Waals surface area contributed by atoms with Crippen LogP contribution in [-0.4, -0.2) is 50.0 Å². The molecule has 0 spiro atoms. The third-order valence-corrected chi connectivity index (χ3v) is 7.80. The summed E-state index contributed by atoms with van der Waals surface area (Å²) in [4.78, 5) is 27.7. The lowest BCUT2D eigenvalue weighted by Crippen LogP contribution is -2.49. The predicted octanol–water partition coefficient (Wildman–Crippen LogP) is 4.16. The Morgan fingerprint density at radius 1 is 1.11 bits per heavy atom. The molecule has 0 unspecified atom stereocenters. The zero-order chi connectivity index (χ0) is 26.3. The Hall–Kier alpha value is -2.94. The summed E-state index contributed by atoms with van der Waals surface area (Å²) in [7, 11) is -3.56. The Morgan fingerprint density at radius 3 is 2.44 bits per heavy atom. The average molecular weight is 518 g/mol. The van der Waals surface area contributed by atoms with Crippen LogP contribution in [0.4, 0.5) is 10.1 Å². The summed E-state index contributed by atoms with van der Waals surface area (Å²) in [6.07, 6.45) is 5.37. The summed E-state index contributed by atoms with van der Waals surface area (Å²) in [6.45, 7) is 3.60. The average Bonchev–Trinajstić information content (AvgIpc) is 3.33. The quantitative estimate of drug-likeness (QED) is 0.485. The number of benzene rings is 2. The van der Waals surface area contributed by atoms with E-state index in [0.717, 1.165) is 37.5 Å². The van der Waals surface area contributed by atoms with Gasteiger partial charge in [-0.05, 0) is 56.9 Å². The molecule has 0 heterocycles. The monoisotopic (exact) mass is 517 g/mol. The lowest BCUT2D eigenvalue weighted by atomic mass is 10.1. The van der Waals surface area contributed by atoms with E-state index in [0.29, 0.717) is 11.3 Å². The third-order valence-electron chi connectivity index (χ3n) is 6.61. The van der Waals surface area contributed by atoms with Crippen molar-refractivity contribution in [3.8, 4) is 0 Å². The number of nitrogens with one attached hydrogen (secondary N) is 1. The molecule has 0 aromatic heterocycles. The van der Waals surface area contributed by atoms with Gasteiger partial charge in [-0.15, -0.1) is 0 Å². The molecule has 9 heteroatoms. The van der Waals surface area contributed by atoms with Crippen LogP contribution < -0.4 is 9.62 Å². The van der Waals surface area contributed by atoms with E-state index in [1.165, 1.54) is 15.3 Å². The number of amides is 2. The van der Waals surface area contributed by atoms with E-state index in [1.807, 2.05) is 13.0 Å². The van der Waals surface area contributed by atoms with Crippen LogP contribution in [0.5, 0.6) is 0 Å². The van der Waals surface area contributed by atoms with Crippen molar-refractivity contribution < 1.29 is 22.4 Å². The summed E-state index contributed by atoms with van der Waals surface area (Å²) in [6, 6.07) is 12.7. The molecule has 0 bridgehead atoms. The molecule has 2 amide bonds. The molecule has 1 aliphatic carbocycles. The maximum Gasteiger partial charge on any atom is 0.242 e. The highest BCUT2D eigenvalue weighted by atomic mass is 32.2. The first-order valence-corrected chi connectivity index (χ1v) is 14.3. The minimum atomic E-state index is -3.56. The van der Waals surface area contributed by atoms with Crippen LogP contribution in [0.1, 0.15) is 56.6 Å². The van der Waals surface area contributed by atoms with E-state index in [-0.39, 0.29) is 43.8 Å². The van der Waals surface area contributed by atoms with Crippen LogP contribution >= 0.6 is 0 Å². The van der Waals surface area contributed by atoms with E-state index < -0.39 is 21.9 Å². The fourth-order valence-corrected chi connectivity index (χ4v) is 5.53. The summed E-state index contributed by atoms with van der Waals surface area (Å²) in [5, 5.41) is 3.02. The second-order valence-corrected chi connectivity index (χ2v) is 11.5. The number of carbonyl (C=O) groups excluding carboxylic acids is 2. The Morgan fingerprint density at radius 2 is 1.81 bits per heavy atom. The van der Waals surface area contributed by atoms with E-state index in [1.54, 1.807) is 43.3 Å². The van der Waals surface area contributed by atoms with E-state index in [9.17, 15) is 22.4 Å². The molecular weight excluding hydrogens is 481 g/mol. The lowest BCUT2D eigenvalue weighted by Gasteiger charge is -2.30. The molecule has 2 aromatic carbocycles. The number of hydrogen-bond acceptors (Lipinski definition) is 4. The number of carbonyl (C=O) groups is 2. The van der Waals surface area contributed by atoms with Gasteiger partial charge in [-0.3, -0.25) is 13.9 Å². The van der Waals surface area contributed by atoms with Gasteiger partial charge in [-0.2, -0.15) is 0 Å². The van der Waals surface area contributed by atoms with Crippen LogP contribution in [0, 0.1) is 12.7 Å². The highest BCUT2D eigenvalue weighted by molar-refractivity contribution is 7.92. The van der Waals surface area contributed by atoms with Crippen LogP contribution in [0.3, 0.4) is 0 Å². The first-order chi connectivity index (χ1) is 17.1. The first kappa shape index (κ1) is 27.6. The Balaban J connectivity index is 1.72. The van der Waals surface area contributed by atoms with Crippen molar-refractivity contribution >= 4 is 27.5 Å². The van der Waals surface area contributed by atoms with Crippen molar-refractivity contribution in [1.82, 2.24) is 10.2 Å². The number of sulfonamides is 1. The number of anilines is 1. The van der Waals surface area contributed by atoms with Crippen molar-refractivity contribution in [1.29, 1.82) is 0 Å². The van der Waals surface area contributed by atoms with Crippen molar-refractivity contribution in [3.05, 3.63) is 65.5 Å². The maximum atomic E-state index is 14.4.